The van der Waals surface area contributed by atoms with Crippen LogP contribution in [-0.2, 0) is 23.6 Å². The summed E-state index contributed by atoms with van der Waals surface area (Å²) in [4.78, 5) is 12.9. The minimum absolute atomic E-state index is 0.0866. The van der Waals surface area contributed by atoms with Crippen LogP contribution in [0.25, 0.3) is 11.0 Å². The van der Waals surface area contributed by atoms with Gasteiger partial charge in [-0.15, -0.1) is 0 Å². The fourth-order valence-electron chi connectivity index (χ4n) is 3.72. The second kappa shape index (κ2) is 5.45. The van der Waals surface area contributed by atoms with Crippen molar-refractivity contribution in [2.24, 2.45) is 18.4 Å². The number of nitrogens with one attached hydrogen (secondary N) is 1. The highest BCUT2D eigenvalue weighted by molar-refractivity contribution is 7.89. The maximum Gasteiger partial charge on any atom is 0.328 e. The molecule has 7 heteroatoms. The van der Waals surface area contributed by atoms with Gasteiger partial charge in [0.1, 0.15) is 0 Å². The summed E-state index contributed by atoms with van der Waals surface area (Å²) in [6, 6.07) is 5.01. The van der Waals surface area contributed by atoms with Crippen molar-refractivity contribution < 1.29 is 8.42 Å². The fourth-order valence-corrected chi connectivity index (χ4v) is 5.33. The molecule has 1 aromatic heterocycles. The molecule has 1 N–H and O–H groups in total. The summed E-state index contributed by atoms with van der Waals surface area (Å²) in [7, 11) is -1.90. The smallest absolute Gasteiger partial charge is 0.295 e. The van der Waals surface area contributed by atoms with Crippen LogP contribution in [0, 0.1) is 11.3 Å². The minimum Gasteiger partial charge on any atom is -0.295 e. The highest BCUT2D eigenvalue weighted by Gasteiger charge is 2.48. The van der Waals surface area contributed by atoms with E-state index < -0.39 is 10.0 Å². The van der Waals surface area contributed by atoms with Gasteiger partial charge in [-0.2, -0.15) is 0 Å². The number of hydrogen-bond acceptors (Lipinski definition) is 3. The molecule has 2 aromatic rings. The number of benzene rings is 1. The third-order valence-electron chi connectivity index (χ3n) is 6.30. The maximum absolute atomic E-state index is 12.9. The SMILES string of the molecule is CC(C)C1(NS(=O)(=O)c2ccc3c(c2)n(C)c(=O)n3CC2(C)CC2)CC1. The lowest BCUT2D eigenvalue weighted by molar-refractivity contribution is 0.431. The molecular formula is C19H27N3O3S. The minimum atomic E-state index is -3.61. The highest BCUT2D eigenvalue weighted by Crippen LogP contribution is 2.46. The van der Waals surface area contributed by atoms with Crippen LogP contribution in [-0.4, -0.2) is 23.1 Å². The molecule has 0 spiro atoms. The van der Waals surface area contributed by atoms with E-state index in [4.69, 9.17) is 0 Å². The lowest BCUT2D eigenvalue weighted by atomic mass is 10.0. The number of nitrogens with zero attached hydrogens (tertiary/aromatic N) is 2. The molecule has 1 heterocycles. The predicted molar refractivity (Wildman–Crippen MR) is 102 cm³/mol. The fraction of sp³-hybridized carbons (Fsp3) is 0.632. The van der Waals surface area contributed by atoms with Gasteiger partial charge < -0.3 is 0 Å². The Kier molecular flexibility index (Phi) is 3.73. The molecule has 0 bridgehead atoms. The van der Waals surface area contributed by atoms with Crippen LogP contribution >= 0.6 is 0 Å². The van der Waals surface area contributed by atoms with Gasteiger partial charge in [0.2, 0.25) is 10.0 Å². The Morgan fingerprint density at radius 1 is 1.15 bits per heavy atom. The van der Waals surface area contributed by atoms with Crippen LogP contribution in [0.1, 0.15) is 46.5 Å². The van der Waals surface area contributed by atoms with Crippen LogP contribution in [0.4, 0.5) is 0 Å². The summed E-state index contributed by atoms with van der Waals surface area (Å²) >= 11 is 0. The van der Waals surface area contributed by atoms with Crippen molar-refractivity contribution in [3.05, 3.63) is 28.7 Å². The second-order valence-corrected chi connectivity index (χ2v) is 10.5. The van der Waals surface area contributed by atoms with Gasteiger partial charge in [0, 0.05) is 19.1 Å². The van der Waals surface area contributed by atoms with Crippen molar-refractivity contribution in [2.75, 3.05) is 0 Å². The van der Waals surface area contributed by atoms with E-state index in [0.717, 1.165) is 31.2 Å². The Labute approximate surface area is 154 Å². The Hall–Kier alpha value is -1.60. The molecule has 4 rings (SSSR count). The van der Waals surface area contributed by atoms with Gasteiger partial charge in [-0.25, -0.2) is 17.9 Å². The standard InChI is InChI=1S/C19H27N3O3S/c1-13(2)19(9-10-19)20-26(24,25)14-5-6-15-16(11-14)21(4)17(23)22(15)12-18(3)7-8-18/h5-6,11,13,20H,7-10,12H2,1-4H3. The van der Waals surface area contributed by atoms with Crippen LogP contribution in [0.5, 0.6) is 0 Å². The molecule has 2 saturated carbocycles. The van der Waals surface area contributed by atoms with E-state index in [2.05, 4.69) is 11.6 Å². The van der Waals surface area contributed by atoms with Crippen LogP contribution < -0.4 is 10.4 Å². The maximum atomic E-state index is 12.9. The molecule has 0 unspecified atom stereocenters. The number of sulfonamides is 1. The predicted octanol–water partition coefficient (Wildman–Crippen LogP) is 2.61. The zero-order valence-corrected chi connectivity index (χ0v) is 16.7. The first kappa shape index (κ1) is 17.8. The van der Waals surface area contributed by atoms with Crippen molar-refractivity contribution in [1.29, 1.82) is 0 Å². The summed E-state index contributed by atoms with van der Waals surface area (Å²) in [6.07, 6.45) is 4.01. The first-order valence-electron chi connectivity index (χ1n) is 9.30. The number of rotatable bonds is 6. The molecule has 0 amide bonds. The number of aromatic nitrogens is 2. The summed E-state index contributed by atoms with van der Waals surface area (Å²) in [5.74, 6) is 0.255. The van der Waals surface area contributed by atoms with E-state index >= 15 is 0 Å². The zero-order chi connectivity index (χ0) is 18.9. The van der Waals surface area contributed by atoms with Crippen LogP contribution in [0.2, 0.25) is 0 Å². The van der Waals surface area contributed by atoms with Gasteiger partial charge in [0.15, 0.2) is 0 Å². The molecule has 6 nitrogen and oxygen atoms in total. The Morgan fingerprint density at radius 3 is 2.35 bits per heavy atom. The second-order valence-electron chi connectivity index (χ2n) is 8.81. The molecule has 142 valence electrons. The monoisotopic (exact) mass is 377 g/mol. The van der Waals surface area contributed by atoms with Crippen molar-refractivity contribution in [3.63, 3.8) is 0 Å². The normalized spacial score (nSPS) is 20.7. The van der Waals surface area contributed by atoms with E-state index in [0.29, 0.717) is 12.1 Å². The van der Waals surface area contributed by atoms with Gasteiger partial charge in [-0.3, -0.25) is 9.13 Å². The first-order valence-corrected chi connectivity index (χ1v) is 10.8. The van der Waals surface area contributed by atoms with Gasteiger partial charge >= 0.3 is 5.69 Å². The van der Waals surface area contributed by atoms with Gasteiger partial charge in [-0.1, -0.05) is 20.8 Å². The number of aryl methyl sites for hydroxylation is 1. The third kappa shape index (κ3) is 2.81. The number of hydrogen-bond donors (Lipinski definition) is 1. The van der Waals surface area contributed by atoms with Crippen molar-refractivity contribution in [1.82, 2.24) is 13.9 Å². The molecule has 2 aliphatic rings. The van der Waals surface area contributed by atoms with E-state index in [-0.39, 0.29) is 27.5 Å². The number of imidazole rings is 1. The van der Waals surface area contributed by atoms with Crippen molar-refractivity contribution in [2.45, 2.75) is 63.4 Å². The Balaban J connectivity index is 1.74. The lowest BCUT2D eigenvalue weighted by Crippen LogP contribution is -2.40. The van der Waals surface area contributed by atoms with E-state index in [9.17, 15) is 13.2 Å². The summed E-state index contributed by atoms with van der Waals surface area (Å²) in [5.41, 5.74) is 1.26. The molecule has 0 radical (unpaired) electrons. The Morgan fingerprint density at radius 2 is 1.81 bits per heavy atom. The van der Waals surface area contributed by atoms with Crippen molar-refractivity contribution >= 4 is 21.1 Å². The van der Waals surface area contributed by atoms with E-state index in [1.807, 2.05) is 13.8 Å². The zero-order valence-electron chi connectivity index (χ0n) is 15.9. The van der Waals surface area contributed by atoms with Crippen molar-refractivity contribution in [3.8, 4) is 0 Å². The van der Waals surface area contributed by atoms with E-state index in [1.54, 1.807) is 34.4 Å². The molecule has 0 aliphatic heterocycles. The summed E-state index contributed by atoms with van der Waals surface area (Å²) < 4.78 is 32.0. The molecule has 0 saturated heterocycles. The quantitative estimate of drug-likeness (QED) is 0.841. The molecular weight excluding hydrogens is 350 g/mol. The molecule has 0 atom stereocenters. The van der Waals surface area contributed by atoms with Gasteiger partial charge in [0.25, 0.3) is 0 Å². The lowest BCUT2D eigenvalue weighted by Gasteiger charge is -2.21. The molecule has 2 aliphatic carbocycles. The Bertz CT molecular complexity index is 1040. The average Bonchev–Trinajstić information content (AvgIpc) is 3.48. The largest absolute Gasteiger partial charge is 0.328 e. The van der Waals surface area contributed by atoms with E-state index in [1.165, 1.54) is 0 Å². The topological polar surface area (TPSA) is 73.1 Å². The molecule has 2 fully saturated rings. The van der Waals surface area contributed by atoms with Crippen LogP contribution in [0.15, 0.2) is 27.9 Å². The third-order valence-corrected chi connectivity index (χ3v) is 7.85. The molecule has 1 aromatic carbocycles. The van der Waals surface area contributed by atoms with Gasteiger partial charge in [0.05, 0.1) is 15.9 Å². The van der Waals surface area contributed by atoms with Crippen LogP contribution in [0.3, 0.4) is 0 Å². The van der Waals surface area contributed by atoms with Gasteiger partial charge in [-0.05, 0) is 55.2 Å². The summed E-state index contributed by atoms with van der Waals surface area (Å²) in [5, 5.41) is 0. The average molecular weight is 378 g/mol. The molecule has 26 heavy (non-hydrogen) atoms. The summed E-state index contributed by atoms with van der Waals surface area (Å²) in [6.45, 7) is 6.95. The number of fused-ring (bicyclic) bond motifs is 1. The highest BCUT2D eigenvalue weighted by atomic mass is 32.2. The first-order chi connectivity index (χ1) is 12.1.